The zero-order valence-corrected chi connectivity index (χ0v) is 23.1. The van der Waals surface area contributed by atoms with E-state index in [1.807, 2.05) is 6.07 Å². The minimum atomic E-state index is -0.769. The summed E-state index contributed by atoms with van der Waals surface area (Å²) in [6.07, 6.45) is 1.15. The molecule has 0 unspecified atom stereocenters. The van der Waals surface area contributed by atoms with Gasteiger partial charge in [0.05, 0.1) is 46.6 Å². The van der Waals surface area contributed by atoms with Crippen molar-refractivity contribution in [3.63, 3.8) is 0 Å². The van der Waals surface area contributed by atoms with Gasteiger partial charge in [0.1, 0.15) is 6.04 Å². The summed E-state index contributed by atoms with van der Waals surface area (Å²) in [5, 5.41) is 8.57. The Morgan fingerprint density at radius 1 is 1.03 bits per heavy atom. The molecule has 210 valence electrons. The predicted molar refractivity (Wildman–Crippen MR) is 145 cm³/mol. The molecule has 3 N–H and O–H groups in total. The largest absolute Gasteiger partial charge is 0.493 e. The lowest BCUT2D eigenvalue weighted by atomic mass is 9.95. The van der Waals surface area contributed by atoms with E-state index in [1.165, 1.54) is 34.3 Å². The molecule has 11 nitrogen and oxygen atoms in total. The van der Waals surface area contributed by atoms with Gasteiger partial charge < -0.3 is 34.9 Å². The number of rotatable bonds is 10. The van der Waals surface area contributed by atoms with Crippen LogP contribution >= 0.6 is 0 Å². The number of hydrogen-bond donors (Lipinski definition) is 3. The number of hydrogen-bond acceptors (Lipinski definition) is 9. The van der Waals surface area contributed by atoms with E-state index in [9.17, 15) is 19.2 Å². The van der Waals surface area contributed by atoms with Gasteiger partial charge in [-0.3, -0.25) is 19.2 Å². The maximum Gasteiger partial charge on any atom is 0.307 e. The fraction of sp³-hybridized carbons (Fsp3) is 0.429. The second kappa shape index (κ2) is 13.0. The maximum atomic E-state index is 13.4. The molecule has 0 saturated heterocycles. The first-order valence-corrected chi connectivity index (χ1v) is 12.5. The highest BCUT2D eigenvalue weighted by Gasteiger charge is 2.29. The molecule has 1 aliphatic rings. The summed E-state index contributed by atoms with van der Waals surface area (Å²) in [4.78, 5) is 49.3. The van der Waals surface area contributed by atoms with Crippen molar-refractivity contribution in [3.8, 4) is 28.4 Å². The topological polar surface area (TPSA) is 141 Å². The molecule has 11 heteroatoms. The van der Waals surface area contributed by atoms with E-state index in [0.717, 1.165) is 11.1 Å². The second-order valence-corrected chi connectivity index (χ2v) is 9.08. The standard InChI is InChI=1S/C28H35N3O8/c1-15(28(35)29-12-11-24(34)37-4)30-21-10-8-18-19(14-22(21)33)20(31-16(2)32)9-7-17-13-23(36-3)26(38-5)27(39-6)25(17)18/h8,10,13-15,20H,7,9,11-12H2,1-6H3,(H,29,35)(H,30,33)(H,31,32)/t15-,20-/m1/s1. The summed E-state index contributed by atoms with van der Waals surface area (Å²) < 4.78 is 21.5. The molecule has 2 aromatic rings. The van der Waals surface area contributed by atoms with Crippen LogP contribution in [-0.2, 0) is 25.5 Å². The normalized spacial score (nSPS) is 14.5. The van der Waals surface area contributed by atoms with E-state index in [4.69, 9.17) is 14.2 Å². The first-order valence-electron chi connectivity index (χ1n) is 12.5. The molecule has 2 aromatic carbocycles. The van der Waals surface area contributed by atoms with Crippen LogP contribution in [0.15, 0.2) is 29.1 Å². The summed E-state index contributed by atoms with van der Waals surface area (Å²) in [5.74, 6) is 0.315. The molecule has 0 fully saturated rings. The van der Waals surface area contributed by atoms with E-state index in [2.05, 4.69) is 20.7 Å². The third kappa shape index (κ3) is 6.60. The first-order chi connectivity index (χ1) is 18.6. The Hall–Kier alpha value is -4.28. The van der Waals surface area contributed by atoms with Gasteiger partial charge in [-0.2, -0.15) is 0 Å². The summed E-state index contributed by atoms with van der Waals surface area (Å²) in [7, 11) is 5.87. The van der Waals surface area contributed by atoms with Crippen molar-refractivity contribution in [2.45, 2.75) is 45.2 Å². The van der Waals surface area contributed by atoms with Crippen LogP contribution < -0.4 is 35.6 Å². The van der Waals surface area contributed by atoms with Gasteiger partial charge in [0.25, 0.3) is 0 Å². The quantitative estimate of drug-likeness (QED) is 0.387. The molecule has 0 aliphatic heterocycles. The first kappa shape index (κ1) is 29.3. The molecule has 2 atom stereocenters. The highest BCUT2D eigenvalue weighted by molar-refractivity contribution is 5.86. The van der Waals surface area contributed by atoms with Gasteiger partial charge in [-0.25, -0.2) is 0 Å². The average Bonchev–Trinajstić information content (AvgIpc) is 3.15. The number of amides is 2. The van der Waals surface area contributed by atoms with Crippen LogP contribution in [0.3, 0.4) is 0 Å². The Morgan fingerprint density at radius 3 is 2.36 bits per heavy atom. The summed E-state index contributed by atoms with van der Waals surface area (Å²) in [5.41, 5.74) is 2.77. The predicted octanol–water partition coefficient (Wildman–Crippen LogP) is 2.34. The molecule has 2 amide bonds. The fourth-order valence-electron chi connectivity index (χ4n) is 4.67. The number of methoxy groups -OCH3 is 4. The molecule has 0 saturated carbocycles. The third-order valence-corrected chi connectivity index (χ3v) is 6.54. The number of carbonyl (C=O) groups excluding carboxylic acids is 3. The maximum absolute atomic E-state index is 13.4. The molecular weight excluding hydrogens is 506 g/mol. The highest BCUT2D eigenvalue weighted by atomic mass is 16.5. The number of carbonyl (C=O) groups is 3. The van der Waals surface area contributed by atoms with Gasteiger partial charge in [0.2, 0.25) is 23.0 Å². The van der Waals surface area contributed by atoms with Crippen molar-refractivity contribution in [1.29, 1.82) is 0 Å². The lowest BCUT2D eigenvalue weighted by Crippen LogP contribution is -2.39. The minimum Gasteiger partial charge on any atom is -0.493 e. The van der Waals surface area contributed by atoms with Crippen molar-refractivity contribution in [2.24, 2.45) is 0 Å². The van der Waals surface area contributed by atoms with Crippen LogP contribution in [0.2, 0.25) is 0 Å². The molecule has 0 spiro atoms. The molecule has 3 rings (SSSR count). The van der Waals surface area contributed by atoms with Gasteiger partial charge in [-0.15, -0.1) is 0 Å². The highest BCUT2D eigenvalue weighted by Crippen LogP contribution is 2.50. The molecule has 0 aromatic heterocycles. The Morgan fingerprint density at radius 2 is 1.74 bits per heavy atom. The lowest BCUT2D eigenvalue weighted by molar-refractivity contribution is -0.140. The number of esters is 1. The Bertz CT molecular complexity index is 1310. The third-order valence-electron chi connectivity index (χ3n) is 6.54. The number of aryl methyl sites for hydroxylation is 1. The van der Waals surface area contributed by atoms with E-state index in [-0.39, 0.29) is 35.9 Å². The van der Waals surface area contributed by atoms with Crippen molar-refractivity contribution in [3.05, 3.63) is 45.6 Å². The summed E-state index contributed by atoms with van der Waals surface area (Å²) >= 11 is 0. The number of benzene rings is 1. The average molecular weight is 542 g/mol. The van der Waals surface area contributed by atoms with E-state index in [1.54, 1.807) is 26.2 Å². The molecule has 39 heavy (non-hydrogen) atoms. The minimum absolute atomic E-state index is 0.0365. The number of fused-ring (bicyclic) bond motifs is 3. The lowest BCUT2D eigenvalue weighted by Gasteiger charge is -2.19. The number of ether oxygens (including phenoxy) is 4. The van der Waals surface area contributed by atoms with Crippen LogP contribution in [0, 0.1) is 0 Å². The SMILES string of the molecule is COC(=O)CCNC(=O)[C@@H](C)Nc1ccc2c(cc1=O)[C@H](NC(C)=O)CCc1cc(OC)c(OC)c(OC)c1-2. The van der Waals surface area contributed by atoms with Crippen LogP contribution in [0.5, 0.6) is 17.2 Å². The van der Waals surface area contributed by atoms with Crippen LogP contribution in [0.25, 0.3) is 11.1 Å². The van der Waals surface area contributed by atoms with E-state index < -0.39 is 18.1 Å². The molecule has 1 aliphatic carbocycles. The van der Waals surface area contributed by atoms with Gasteiger partial charge in [0.15, 0.2) is 11.5 Å². The number of nitrogens with one attached hydrogen (secondary N) is 3. The fourth-order valence-corrected chi connectivity index (χ4v) is 4.67. The van der Waals surface area contributed by atoms with Crippen molar-refractivity contribution < 1.29 is 33.3 Å². The van der Waals surface area contributed by atoms with Gasteiger partial charge >= 0.3 is 5.97 Å². The Kier molecular flexibility index (Phi) is 9.75. The zero-order valence-electron chi connectivity index (χ0n) is 23.1. The van der Waals surface area contributed by atoms with Crippen LogP contribution in [0.4, 0.5) is 5.69 Å². The molecule has 0 bridgehead atoms. The Labute approximate surface area is 227 Å². The van der Waals surface area contributed by atoms with E-state index >= 15 is 0 Å². The second-order valence-electron chi connectivity index (χ2n) is 9.08. The van der Waals surface area contributed by atoms with Gasteiger partial charge in [0, 0.05) is 19.0 Å². The zero-order chi connectivity index (χ0) is 28.7. The van der Waals surface area contributed by atoms with Crippen molar-refractivity contribution in [2.75, 3.05) is 40.3 Å². The van der Waals surface area contributed by atoms with Crippen molar-refractivity contribution >= 4 is 23.5 Å². The number of anilines is 1. The smallest absolute Gasteiger partial charge is 0.307 e. The van der Waals surface area contributed by atoms with Crippen LogP contribution in [0.1, 0.15) is 43.9 Å². The summed E-state index contributed by atoms with van der Waals surface area (Å²) in [6, 6.07) is 5.52. The van der Waals surface area contributed by atoms with Crippen molar-refractivity contribution in [1.82, 2.24) is 10.6 Å². The van der Waals surface area contributed by atoms with Gasteiger partial charge in [-0.05, 0) is 54.7 Å². The Balaban J connectivity index is 2.10. The molecular formula is C28H35N3O8. The summed E-state index contributed by atoms with van der Waals surface area (Å²) in [6.45, 7) is 3.15. The van der Waals surface area contributed by atoms with Crippen LogP contribution in [-0.4, -0.2) is 58.8 Å². The monoisotopic (exact) mass is 541 g/mol. The van der Waals surface area contributed by atoms with E-state index in [0.29, 0.717) is 41.2 Å². The molecule has 0 heterocycles. The molecule has 0 radical (unpaired) electrons. The van der Waals surface area contributed by atoms with Gasteiger partial charge in [-0.1, -0.05) is 6.07 Å².